The maximum absolute atomic E-state index is 14.1. The van der Waals surface area contributed by atoms with Gasteiger partial charge < -0.3 is 4.57 Å². The molecule has 1 unspecified atom stereocenters. The van der Waals surface area contributed by atoms with Crippen LogP contribution in [0.25, 0.3) is 17.0 Å². The number of hydrogen-bond acceptors (Lipinski definition) is 3. The third kappa shape index (κ3) is 3.05. The van der Waals surface area contributed by atoms with Gasteiger partial charge in [0.2, 0.25) is 0 Å². The molecule has 0 radical (unpaired) electrons. The van der Waals surface area contributed by atoms with Crippen molar-refractivity contribution in [1.82, 2.24) is 9.88 Å². The molecule has 25 heavy (non-hydrogen) atoms. The van der Waals surface area contributed by atoms with E-state index in [2.05, 4.69) is 5.32 Å². The van der Waals surface area contributed by atoms with Gasteiger partial charge in [0.05, 0.1) is 4.91 Å². The summed E-state index contributed by atoms with van der Waals surface area (Å²) in [6.07, 6.45) is 9.51. The number of carbonyl (C=O) groups excluding carboxylic acids is 2. The van der Waals surface area contributed by atoms with E-state index in [1.165, 1.54) is 6.08 Å². The summed E-state index contributed by atoms with van der Waals surface area (Å²) in [5, 5.41) is 2.87. The van der Waals surface area contributed by atoms with Crippen molar-refractivity contribution < 1.29 is 14.0 Å². The number of imide groups is 1. The molecule has 2 aliphatic rings. The predicted molar refractivity (Wildman–Crippen MR) is 97.5 cm³/mol. The van der Waals surface area contributed by atoms with E-state index in [0.29, 0.717) is 17.9 Å². The second-order valence-corrected chi connectivity index (χ2v) is 7.03. The van der Waals surface area contributed by atoms with Gasteiger partial charge in [-0.2, -0.15) is 0 Å². The fourth-order valence-corrected chi connectivity index (χ4v) is 3.83. The minimum Gasteiger partial charge on any atom is -0.346 e. The molecule has 2 amide bonds. The molecule has 126 valence electrons. The van der Waals surface area contributed by atoms with Crippen LogP contribution in [0.5, 0.6) is 0 Å². The number of benzene rings is 1. The molecule has 1 aromatic carbocycles. The van der Waals surface area contributed by atoms with Crippen LogP contribution in [0, 0.1) is 5.92 Å². The third-order valence-electron chi connectivity index (χ3n) is 4.37. The first-order chi connectivity index (χ1) is 12.1. The van der Waals surface area contributed by atoms with Gasteiger partial charge in [-0.1, -0.05) is 30.4 Å². The highest BCUT2D eigenvalue weighted by Crippen LogP contribution is 2.31. The van der Waals surface area contributed by atoms with Crippen molar-refractivity contribution in [1.29, 1.82) is 0 Å². The van der Waals surface area contributed by atoms with Gasteiger partial charge in [-0.3, -0.25) is 14.9 Å². The summed E-state index contributed by atoms with van der Waals surface area (Å²) in [5.41, 5.74) is 1.82. The van der Waals surface area contributed by atoms with Crippen LogP contribution in [0.2, 0.25) is 0 Å². The van der Waals surface area contributed by atoms with Gasteiger partial charge in [0.1, 0.15) is 5.83 Å². The zero-order valence-corrected chi connectivity index (χ0v) is 14.1. The summed E-state index contributed by atoms with van der Waals surface area (Å²) in [4.78, 5) is 23.5. The first kappa shape index (κ1) is 15.9. The number of allylic oxidation sites excluding steroid dienone is 4. The third-order valence-corrected chi connectivity index (χ3v) is 5.18. The summed E-state index contributed by atoms with van der Waals surface area (Å²) >= 11 is 0.896. The first-order valence-corrected chi connectivity index (χ1v) is 8.78. The van der Waals surface area contributed by atoms with Crippen molar-refractivity contribution in [2.45, 2.75) is 13.0 Å². The molecule has 6 heteroatoms. The maximum Gasteiger partial charge on any atom is 0.290 e. The first-order valence-electron chi connectivity index (χ1n) is 7.97. The largest absolute Gasteiger partial charge is 0.346 e. The Bertz CT molecular complexity index is 971. The zero-order chi connectivity index (χ0) is 17.4. The van der Waals surface area contributed by atoms with Gasteiger partial charge >= 0.3 is 0 Å². The van der Waals surface area contributed by atoms with Crippen molar-refractivity contribution in [3.05, 3.63) is 65.0 Å². The van der Waals surface area contributed by atoms with Gasteiger partial charge in [-0.15, -0.1) is 0 Å². The quantitative estimate of drug-likeness (QED) is 0.832. The van der Waals surface area contributed by atoms with Crippen LogP contribution in [0.3, 0.4) is 0 Å². The standard InChI is InChI=1S/C19H15FN2O2S/c20-15-7-3-1-5-12(15)10-22-11-13(14-6-2-4-8-16(14)22)9-17-18(23)21-19(24)25-17/h1-4,6-9,11-12H,5,10H2,(H,21,23,24)/b17-9-. The number of fused-ring (bicyclic) bond motifs is 1. The van der Waals surface area contributed by atoms with Crippen molar-refractivity contribution in [3.63, 3.8) is 0 Å². The Labute approximate surface area is 148 Å². The fraction of sp³-hybridized carbons (Fsp3) is 0.158. The molecule has 2 aromatic rings. The Kier molecular flexibility index (Phi) is 4.05. The van der Waals surface area contributed by atoms with Crippen LogP contribution in [0.4, 0.5) is 9.18 Å². The molecular formula is C19H15FN2O2S. The topological polar surface area (TPSA) is 51.1 Å². The number of rotatable bonds is 3. The van der Waals surface area contributed by atoms with Crippen molar-refractivity contribution >= 4 is 39.9 Å². The van der Waals surface area contributed by atoms with E-state index in [1.54, 1.807) is 12.2 Å². The van der Waals surface area contributed by atoms with Gasteiger partial charge in [-0.05, 0) is 36.4 Å². The Morgan fingerprint density at radius 1 is 1.32 bits per heavy atom. The van der Waals surface area contributed by atoms with E-state index in [-0.39, 0.29) is 22.9 Å². The lowest BCUT2D eigenvalue weighted by atomic mass is 9.99. The fourth-order valence-electron chi connectivity index (χ4n) is 3.15. The van der Waals surface area contributed by atoms with E-state index >= 15 is 0 Å². The molecule has 1 aliphatic carbocycles. The summed E-state index contributed by atoms with van der Waals surface area (Å²) in [7, 11) is 0. The molecule has 2 heterocycles. The Hall–Kier alpha value is -2.60. The second-order valence-electron chi connectivity index (χ2n) is 6.02. The Balaban J connectivity index is 1.73. The molecular weight excluding hydrogens is 339 g/mol. The van der Waals surface area contributed by atoms with Gasteiger partial charge in [0.25, 0.3) is 11.1 Å². The summed E-state index contributed by atoms with van der Waals surface area (Å²) < 4.78 is 16.1. The molecule has 0 bridgehead atoms. The number of aromatic nitrogens is 1. The number of nitrogens with zero attached hydrogens (tertiary/aromatic N) is 1. The Morgan fingerprint density at radius 3 is 2.92 bits per heavy atom. The molecule has 1 aliphatic heterocycles. The average molecular weight is 354 g/mol. The lowest BCUT2D eigenvalue weighted by Crippen LogP contribution is -2.17. The summed E-state index contributed by atoms with van der Waals surface area (Å²) in [5.74, 6) is -0.679. The number of nitrogens with one attached hydrogen (secondary N) is 1. The zero-order valence-electron chi connectivity index (χ0n) is 13.2. The number of carbonyl (C=O) groups is 2. The molecule has 1 atom stereocenters. The van der Waals surface area contributed by atoms with Crippen LogP contribution >= 0.6 is 11.8 Å². The number of amides is 2. The monoisotopic (exact) mass is 354 g/mol. The van der Waals surface area contributed by atoms with Gasteiger partial charge in [-0.25, -0.2) is 4.39 Å². The normalized spacial score (nSPS) is 21.9. The van der Waals surface area contributed by atoms with Crippen molar-refractivity contribution in [3.8, 4) is 0 Å². The van der Waals surface area contributed by atoms with Gasteiger partial charge in [0, 0.05) is 35.1 Å². The van der Waals surface area contributed by atoms with Crippen LogP contribution < -0.4 is 5.32 Å². The highest BCUT2D eigenvalue weighted by molar-refractivity contribution is 8.18. The van der Waals surface area contributed by atoms with Crippen molar-refractivity contribution in [2.75, 3.05) is 0 Å². The van der Waals surface area contributed by atoms with E-state index < -0.39 is 0 Å². The van der Waals surface area contributed by atoms with Crippen LogP contribution in [0.15, 0.2) is 59.4 Å². The predicted octanol–water partition coefficient (Wildman–Crippen LogP) is 4.39. The van der Waals surface area contributed by atoms with Crippen LogP contribution in [0.1, 0.15) is 12.0 Å². The molecule has 1 N–H and O–H groups in total. The minimum absolute atomic E-state index is 0.114. The molecule has 4 nitrogen and oxygen atoms in total. The van der Waals surface area contributed by atoms with E-state index in [9.17, 15) is 14.0 Å². The second kappa shape index (κ2) is 6.37. The van der Waals surface area contributed by atoms with E-state index in [0.717, 1.165) is 28.2 Å². The molecule has 4 rings (SSSR count). The smallest absolute Gasteiger partial charge is 0.290 e. The minimum atomic E-state index is -0.377. The highest BCUT2D eigenvalue weighted by atomic mass is 32.2. The average Bonchev–Trinajstić information content (AvgIpc) is 3.10. The lowest BCUT2D eigenvalue weighted by molar-refractivity contribution is -0.115. The SMILES string of the molecule is O=C1NC(=O)/C(=C/c2cn(CC3CC=CC=C3F)c3ccccc23)S1. The van der Waals surface area contributed by atoms with Crippen LogP contribution in [-0.4, -0.2) is 15.7 Å². The molecule has 1 saturated heterocycles. The molecule has 0 saturated carbocycles. The van der Waals surface area contributed by atoms with Crippen molar-refractivity contribution in [2.24, 2.45) is 5.92 Å². The number of hydrogen-bond donors (Lipinski definition) is 1. The number of halogens is 1. The number of thioether (sulfide) groups is 1. The van der Waals surface area contributed by atoms with E-state index in [1.807, 2.05) is 41.1 Å². The molecule has 1 fully saturated rings. The highest BCUT2D eigenvalue weighted by Gasteiger charge is 2.25. The maximum atomic E-state index is 14.1. The molecule has 0 spiro atoms. The summed E-state index contributed by atoms with van der Waals surface area (Å²) in [6.45, 7) is 0.522. The molecule has 1 aromatic heterocycles. The van der Waals surface area contributed by atoms with Crippen LogP contribution in [-0.2, 0) is 11.3 Å². The number of para-hydroxylation sites is 1. The summed E-state index contributed by atoms with van der Waals surface area (Å²) in [6, 6.07) is 7.80. The van der Waals surface area contributed by atoms with Gasteiger partial charge in [0.15, 0.2) is 0 Å². The van der Waals surface area contributed by atoms with E-state index in [4.69, 9.17) is 0 Å². The Morgan fingerprint density at radius 2 is 2.16 bits per heavy atom. The lowest BCUT2D eigenvalue weighted by Gasteiger charge is -2.17.